The Balaban J connectivity index is 2.39. The highest BCUT2D eigenvalue weighted by molar-refractivity contribution is 5.28. The van der Waals surface area contributed by atoms with E-state index in [4.69, 9.17) is 9.84 Å². The Hall–Kier alpha value is -1.54. The zero-order valence-corrected chi connectivity index (χ0v) is 9.65. The standard InChI is InChI=1S/C14H18O2/c1-12(11-15)5-3-4-6-13-7-9-14(16-2)10-8-13/h3-4,7-10,15H,1,5-6,11H2,2H3/b4-3+. The fraction of sp³-hybridized carbons (Fsp3) is 0.286. The molecule has 2 heteroatoms. The van der Waals surface area contributed by atoms with Gasteiger partial charge in [-0.1, -0.05) is 30.9 Å². The molecule has 2 nitrogen and oxygen atoms in total. The molecule has 1 N–H and O–H groups in total. The number of allylic oxidation sites excluding steroid dienone is 2. The minimum atomic E-state index is 0.0624. The van der Waals surface area contributed by atoms with Gasteiger partial charge < -0.3 is 9.84 Å². The van der Waals surface area contributed by atoms with E-state index >= 15 is 0 Å². The van der Waals surface area contributed by atoms with Crippen LogP contribution in [0.4, 0.5) is 0 Å². The van der Waals surface area contributed by atoms with Gasteiger partial charge in [-0.3, -0.25) is 0 Å². The molecule has 0 saturated carbocycles. The van der Waals surface area contributed by atoms with Gasteiger partial charge in [0.15, 0.2) is 0 Å². The maximum Gasteiger partial charge on any atom is 0.118 e. The van der Waals surface area contributed by atoms with E-state index in [0.717, 1.165) is 24.2 Å². The molecule has 16 heavy (non-hydrogen) atoms. The lowest BCUT2D eigenvalue weighted by Gasteiger charge is -2.00. The summed E-state index contributed by atoms with van der Waals surface area (Å²) in [7, 11) is 1.66. The molecule has 0 bridgehead atoms. The predicted octanol–water partition coefficient (Wildman–Crippen LogP) is 2.73. The van der Waals surface area contributed by atoms with Crippen LogP contribution in [0.1, 0.15) is 12.0 Å². The third-order valence-electron chi connectivity index (χ3n) is 2.31. The molecule has 0 fully saturated rings. The first kappa shape index (κ1) is 12.5. The summed E-state index contributed by atoms with van der Waals surface area (Å²) in [6.45, 7) is 3.79. The number of benzene rings is 1. The van der Waals surface area contributed by atoms with E-state index in [0.29, 0.717) is 0 Å². The summed E-state index contributed by atoms with van der Waals surface area (Å²) in [5.74, 6) is 0.876. The second kappa shape index (κ2) is 6.85. The van der Waals surface area contributed by atoms with E-state index in [9.17, 15) is 0 Å². The van der Waals surface area contributed by atoms with Crippen LogP contribution in [0.5, 0.6) is 5.75 Å². The van der Waals surface area contributed by atoms with Gasteiger partial charge in [0.25, 0.3) is 0 Å². The third kappa shape index (κ3) is 4.32. The van der Waals surface area contributed by atoms with Gasteiger partial charge in [-0.2, -0.15) is 0 Å². The SMILES string of the molecule is C=C(CO)C/C=C/Cc1ccc(OC)cc1. The van der Waals surface area contributed by atoms with E-state index in [2.05, 4.69) is 12.7 Å². The van der Waals surface area contributed by atoms with Crippen LogP contribution in [0.2, 0.25) is 0 Å². The van der Waals surface area contributed by atoms with Gasteiger partial charge in [0.05, 0.1) is 13.7 Å². The molecule has 0 atom stereocenters. The number of aliphatic hydroxyl groups is 1. The Bertz CT molecular complexity index is 350. The maximum atomic E-state index is 8.76. The van der Waals surface area contributed by atoms with Crippen molar-refractivity contribution in [2.24, 2.45) is 0 Å². The lowest BCUT2D eigenvalue weighted by molar-refractivity contribution is 0.329. The molecule has 0 radical (unpaired) electrons. The third-order valence-corrected chi connectivity index (χ3v) is 2.31. The molecule has 1 aromatic carbocycles. The second-order valence-corrected chi connectivity index (χ2v) is 3.64. The van der Waals surface area contributed by atoms with E-state index < -0.39 is 0 Å². The summed E-state index contributed by atoms with van der Waals surface area (Å²) >= 11 is 0. The summed E-state index contributed by atoms with van der Waals surface area (Å²) in [6, 6.07) is 8.00. The van der Waals surface area contributed by atoms with Crippen molar-refractivity contribution in [2.75, 3.05) is 13.7 Å². The van der Waals surface area contributed by atoms with E-state index in [1.807, 2.05) is 30.3 Å². The summed E-state index contributed by atoms with van der Waals surface area (Å²) in [5.41, 5.74) is 2.08. The fourth-order valence-corrected chi connectivity index (χ4v) is 1.30. The Morgan fingerprint density at radius 2 is 2.00 bits per heavy atom. The Kier molecular flexibility index (Phi) is 5.37. The molecule has 0 aliphatic carbocycles. The molecule has 0 aliphatic rings. The molecule has 0 unspecified atom stereocenters. The molecule has 1 rings (SSSR count). The molecule has 0 aromatic heterocycles. The smallest absolute Gasteiger partial charge is 0.118 e. The fourth-order valence-electron chi connectivity index (χ4n) is 1.30. The van der Waals surface area contributed by atoms with Crippen LogP contribution in [-0.2, 0) is 6.42 Å². The Labute approximate surface area is 96.9 Å². The molecule has 0 amide bonds. The van der Waals surface area contributed by atoms with Crippen molar-refractivity contribution in [3.8, 4) is 5.75 Å². The van der Waals surface area contributed by atoms with Gasteiger partial charge in [-0.05, 0) is 36.1 Å². The van der Waals surface area contributed by atoms with Gasteiger partial charge in [-0.15, -0.1) is 0 Å². The molecular formula is C14H18O2. The number of hydrogen-bond donors (Lipinski definition) is 1. The minimum Gasteiger partial charge on any atom is -0.497 e. The van der Waals surface area contributed by atoms with Crippen LogP contribution >= 0.6 is 0 Å². The van der Waals surface area contributed by atoms with E-state index in [-0.39, 0.29) is 6.61 Å². The summed E-state index contributed by atoms with van der Waals surface area (Å²) < 4.78 is 5.08. The summed E-state index contributed by atoms with van der Waals surface area (Å²) in [6.07, 6.45) is 5.75. The van der Waals surface area contributed by atoms with Crippen molar-refractivity contribution in [1.82, 2.24) is 0 Å². The monoisotopic (exact) mass is 218 g/mol. The average Bonchev–Trinajstić information content (AvgIpc) is 2.35. The topological polar surface area (TPSA) is 29.5 Å². The largest absolute Gasteiger partial charge is 0.497 e. The Morgan fingerprint density at radius 1 is 1.31 bits per heavy atom. The molecule has 1 aromatic rings. The van der Waals surface area contributed by atoms with Crippen LogP contribution < -0.4 is 4.74 Å². The zero-order valence-electron chi connectivity index (χ0n) is 9.65. The van der Waals surface area contributed by atoms with Gasteiger partial charge in [0.1, 0.15) is 5.75 Å². The molecule has 0 aliphatic heterocycles. The van der Waals surface area contributed by atoms with Crippen molar-refractivity contribution in [2.45, 2.75) is 12.8 Å². The van der Waals surface area contributed by atoms with Crippen molar-refractivity contribution >= 4 is 0 Å². The van der Waals surface area contributed by atoms with E-state index in [1.54, 1.807) is 7.11 Å². The summed E-state index contributed by atoms with van der Waals surface area (Å²) in [5, 5.41) is 8.76. The highest BCUT2D eigenvalue weighted by Gasteiger charge is 1.92. The molecule has 0 saturated heterocycles. The van der Waals surface area contributed by atoms with Crippen LogP contribution in [0.15, 0.2) is 48.6 Å². The molecule has 0 heterocycles. The van der Waals surface area contributed by atoms with Gasteiger partial charge in [0.2, 0.25) is 0 Å². The maximum absolute atomic E-state index is 8.76. The molecular weight excluding hydrogens is 200 g/mol. The number of rotatable bonds is 6. The number of hydrogen-bond acceptors (Lipinski definition) is 2. The number of aliphatic hydroxyl groups excluding tert-OH is 1. The first-order chi connectivity index (χ1) is 7.76. The predicted molar refractivity (Wildman–Crippen MR) is 66.7 cm³/mol. The Morgan fingerprint density at radius 3 is 2.56 bits per heavy atom. The van der Waals surface area contributed by atoms with Gasteiger partial charge in [-0.25, -0.2) is 0 Å². The normalized spacial score (nSPS) is 10.6. The number of methoxy groups -OCH3 is 1. The first-order valence-electron chi connectivity index (χ1n) is 5.31. The van der Waals surface area contributed by atoms with Crippen molar-refractivity contribution < 1.29 is 9.84 Å². The first-order valence-corrected chi connectivity index (χ1v) is 5.31. The van der Waals surface area contributed by atoms with Crippen LogP contribution in [0.25, 0.3) is 0 Å². The lowest BCUT2D eigenvalue weighted by Crippen LogP contribution is -1.86. The minimum absolute atomic E-state index is 0.0624. The quantitative estimate of drug-likeness (QED) is 0.744. The van der Waals surface area contributed by atoms with Crippen molar-refractivity contribution in [3.63, 3.8) is 0 Å². The highest BCUT2D eigenvalue weighted by Crippen LogP contribution is 2.12. The lowest BCUT2D eigenvalue weighted by atomic mass is 10.1. The van der Waals surface area contributed by atoms with Crippen LogP contribution in [0, 0.1) is 0 Å². The van der Waals surface area contributed by atoms with Crippen molar-refractivity contribution in [3.05, 3.63) is 54.1 Å². The molecule has 86 valence electrons. The second-order valence-electron chi connectivity index (χ2n) is 3.64. The van der Waals surface area contributed by atoms with Gasteiger partial charge >= 0.3 is 0 Å². The highest BCUT2D eigenvalue weighted by atomic mass is 16.5. The van der Waals surface area contributed by atoms with Gasteiger partial charge in [0, 0.05) is 0 Å². The average molecular weight is 218 g/mol. The van der Waals surface area contributed by atoms with Crippen LogP contribution in [0.3, 0.4) is 0 Å². The van der Waals surface area contributed by atoms with Crippen molar-refractivity contribution in [1.29, 1.82) is 0 Å². The number of ether oxygens (including phenoxy) is 1. The molecule has 0 spiro atoms. The van der Waals surface area contributed by atoms with E-state index in [1.165, 1.54) is 5.56 Å². The van der Waals surface area contributed by atoms with Crippen LogP contribution in [-0.4, -0.2) is 18.8 Å². The summed E-state index contributed by atoms with van der Waals surface area (Å²) in [4.78, 5) is 0. The zero-order chi connectivity index (χ0) is 11.8.